The van der Waals surface area contributed by atoms with Crippen molar-refractivity contribution in [2.24, 2.45) is 0 Å². The van der Waals surface area contributed by atoms with Crippen LogP contribution >= 0.6 is 7.92 Å². The number of unbranched alkanes of at least 4 members (excludes halogenated alkanes) is 11. The molecule has 0 unspecified atom stereocenters. The van der Waals surface area contributed by atoms with E-state index in [0.29, 0.717) is 0 Å². The van der Waals surface area contributed by atoms with Gasteiger partial charge in [-0.05, 0) is 23.8 Å². The van der Waals surface area contributed by atoms with Crippen LogP contribution in [0.3, 0.4) is 0 Å². The summed E-state index contributed by atoms with van der Waals surface area (Å²) < 4.78 is 0. The highest BCUT2D eigenvalue weighted by molar-refractivity contribution is 7.79. The van der Waals surface area contributed by atoms with Crippen LogP contribution in [-0.2, 0) is 0 Å². The Hall–Kier alpha value is -1.91. The Morgan fingerprint density at radius 2 is 0.606 bits per heavy atom. The molecule has 0 nitrogen and oxygen atoms in total. The van der Waals surface area contributed by atoms with Crippen LogP contribution in [0, 0.1) is 0 Å². The van der Waals surface area contributed by atoms with E-state index in [4.69, 9.17) is 0 Å². The van der Waals surface area contributed by atoms with E-state index in [1.807, 2.05) is 0 Å². The molecule has 0 atom stereocenters. The number of benzene rings is 3. The summed E-state index contributed by atoms with van der Waals surface area (Å²) in [7, 11) is -0.446. The second-order valence-corrected chi connectivity index (χ2v) is 11.1. The van der Waals surface area contributed by atoms with Crippen LogP contribution < -0.4 is 15.9 Å². The summed E-state index contributed by atoms with van der Waals surface area (Å²) in [6.07, 6.45) is 17.4. The van der Waals surface area contributed by atoms with E-state index in [-0.39, 0.29) is 0 Å². The van der Waals surface area contributed by atoms with Gasteiger partial charge in [0.05, 0.1) is 0 Å². The molecule has 0 radical (unpaired) electrons. The molecule has 0 aliphatic heterocycles. The molecule has 0 aliphatic carbocycles. The molecular weight excluding hydrogens is 415 g/mol. The lowest BCUT2D eigenvalue weighted by Crippen LogP contribution is -2.20. The maximum Gasteiger partial charge on any atom is -0.0134 e. The van der Waals surface area contributed by atoms with Crippen molar-refractivity contribution in [2.75, 3.05) is 0 Å². The van der Waals surface area contributed by atoms with E-state index in [9.17, 15) is 0 Å². The highest BCUT2D eigenvalue weighted by Crippen LogP contribution is 2.32. The van der Waals surface area contributed by atoms with Crippen molar-refractivity contribution < 1.29 is 0 Å². The van der Waals surface area contributed by atoms with Crippen LogP contribution in [0.4, 0.5) is 0 Å². The largest absolute Gasteiger partial charge is 0.0654 e. The van der Waals surface area contributed by atoms with Crippen LogP contribution in [0.2, 0.25) is 0 Å². The smallest absolute Gasteiger partial charge is 0.0134 e. The van der Waals surface area contributed by atoms with Gasteiger partial charge in [-0.1, -0.05) is 182 Å². The van der Waals surface area contributed by atoms with E-state index in [2.05, 4.69) is 105 Å². The first-order valence-electron chi connectivity index (χ1n) is 13.3. The molecule has 33 heavy (non-hydrogen) atoms. The Kier molecular flexibility index (Phi) is 15.3. The first kappa shape index (κ1) is 27.3. The fourth-order valence-electron chi connectivity index (χ4n) is 4.09. The second-order valence-electron chi connectivity index (χ2n) is 8.88. The third-order valence-electron chi connectivity index (χ3n) is 6.00. The fourth-order valence-corrected chi connectivity index (χ4v) is 6.40. The van der Waals surface area contributed by atoms with Gasteiger partial charge in [0.1, 0.15) is 0 Å². The van der Waals surface area contributed by atoms with Crippen LogP contribution in [-0.4, -0.2) is 0 Å². The van der Waals surface area contributed by atoms with Crippen LogP contribution in [0.1, 0.15) is 90.9 Å². The molecule has 0 heterocycles. The first-order valence-corrected chi connectivity index (χ1v) is 14.7. The van der Waals surface area contributed by atoms with Gasteiger partial charge < -0.3 is 0 Å². The van der Waals surface area contributed by atoms with E-state index in [1.54, 1.807) is 0 Å². The molecular formula is C32H45P. The Morgan fingerprint density at radius 1 is 0.364 bits per heavy atom. The number of hydrogen-bond donors (Lipinski definition) is 0. The van der Waals surface area contributed by atoms with Crippen LogP contribution in [0.5, 0.6) is 0 Å². The zero-order valence-electron chi connectivity index (χ0n) is 21.1. The summed E-state index contributed by atoms with van der Waals surface area (Å²) in [6, 6.07) is 32.3. The van der Waals surface area contributed by atoms with Crippen molar-refractivity contribution in [3.8, 4) is 0 Å². The van der Waals surface area contributed by atoms with Gasteiger partial charge in [0.15, 0.2) is 0 Å². The molecule has 0 aliphatic rings. The highest BCUT2D eigenvalue weighted by Gasteiger charge is 2.14. The van der Waals surface area contributed by atoms with Gasteiger partial charge in [0.2, 0.25) is 0 Å². The molecule has 3 rings (SSSR count). The summed E-state index contributed by atoms with van der Waals surface area (Å²) in [5.74, 6) is 0. The van der Waals surface area contributed by atoms with Gasteiger partial charge in [-0.15, -0.1) is 0 Å². The molecule has 0 saturated carbocycles. The number of hydrogen-bond acceptors (Lipinski definition) is 0. The van der Waals surface area contributed by atoms with Crippen molar-refractivity contribution in [1.29, 1.82) is 0 Å². The molecule has 178 valence electrons. The summed E-state index contributed by atoms with van der Waals surface area (Å²) >= 11 is 0. The van der Waals surface area contributed by atoms with Crippen LogP contribution in [0.25, 0.3) is 0 Å². The first-order chi connectivity index (χ1) is 16.4. The third kappa shape index (κ3) is 11.7. The van der Waals surface area contributed by atoms with Crippen molar-refractivity contribution in [1.82, 2.24) is 0 Å². The minimum atomic E-state index is -0.446. The molecule has 0 fully saturated rings. The summed E-state index contributed by atoms with van der Waals surface area (Å²) in [5.41, 5.74) is 0. The van der Waals surface area contributed by atoms with Gasteiger partial charge in [-0.25, -0.2) is 0 Å². The van der Waals surface area contributed by atoms with Crippen molar-refractivity contribution in [3.05, 3.63) is 91.0 Å². The monoisotopic (exact) mass is 460 g/mol. The average Bonchev–Trinajstić information content (AvgIpc) is 2.88. The van der Waals surface area contributed by atoms with Gasteiger partial charge in [-0.2, -0.15) is 0 Å². The summed E-state index contributed by atoms with van der Waals surface area (Å²) in [5, 5.41) is 4.19. The Morgan fingerprint density at radius 3 is 0.848 bits per heavy atom. The highest BCUT2D eigenvalue weighted by atomic mass is 31.1. The predicted molar refractivity (Wildman–Crippen MR) is 152 cm³/mol. The molecule has 3 aromatic rings. The molecule has 0 saturated heterocycles. The SMILES string of the molecule is CCCCCCCCCCCCCC.c1ccc(P(c2ccccc2)c2ccccc2)cc1. The Balaban J connectivity index is 0.000000248. The molecule has 0 bridgehead atoms. The van der Waals surface area contributed by atoms with Crippen molar-refractivity contribution >= 4 is 23.8 Å². The third-order valence-corrected chi connectivity index (χ3v) is 8.44. The lowest BCUT2D eigenvalue weighted by Gasteiger charge is -2.18. The maximum atomic E-state index is 2.29. The molecule has 1 heteroatoms. The standard InChI is InChI=1S/C18H15P.C14H30/c1-4-10-16(11-5-1)19(17-12-6-2-7-13-17)18-14-8-3-9-15-18;1-3-5-7-9-11-13-14-12-10-8-6-4-2/h1-15H;3-14H2,1-2H3. The quantitative estimate of drug-likeness (QED) is 0.166. The van der Waals surface area contributed by atoms with E-state index in [0.717, 1.165) is 0 Å². The normalized spacial score (nSPS) is 10.6. The average molecular weight is 461 g/mol. The second kappa shape index (κ2) is 18.5. The van der Waals surface area contributed by atoms with Gasteiger partial charge in [-0.3, -0.25) is 0 Å². The topological polar surface area (TPSA) is 0 Å². The zero-order valence-corrected chi connectivity index (χ0v) is 22.0. The van der Waals surface area contributed by atoms with Crippen molar-refractivity contribution in [2.45, 2.75) is 90.9 Å². The molecule has 0 aromatic heterocycles. The van der Waals surface area contributed by atoms with Gasteiger partial charge in [0.25, 0.3) is 0 Å². The van der Waals surface area contributed by atoms with Gasteiger partial charge >= 0.3 is 0 Å². The fraction of sp³-hybridized carbons (Fsp3) is 0.438. The Bertz CT molecular complexity index is 692. The maximum absolute atomic E-state index is 2.29. The number of rotatable bonds is 14. The zero-order chi connectivity index (χ0) is 23.4. The van der Waals surface area contributed by atoms with E-state index < -0.39 is 7.92 Å². The summed E-state index contributed by atoms with van der Waals surface area (Å²) in [4.78, 5) is 0. The molecule has 0 spiro atoms. The van der Waals surface area contributed by atoms with Gasteiger partial charge in [0, 0.05) is 0 Å². The minimum absolute atomic E-state index is 0.446. The molecule has 0 amide bonds. The molecule has 3 aromatic carbocycles. The van der Waals surface area contributed by atoms with E-state index >= 15 is 0 Å². The lowest BCUT2D eigenvalue weighted by molar-refractivity contribution is 0.548. The summed E-state index contributed by atoms with van der Waals surface area (Å²) in [6.45, 7) is 4.57. The van der Waals surface area contributed by atoms with Crippen molar-refractivity contribution in [3.63, 3.8) is 0 Å². The minimum Gasteiger partial charge on any atom is -0.0654 e. The predicted octanol–water partition coefficient (Wildman–Crippen LogP) is 9.15. The lowest BCUT2D eigenvalue weighted by atomic mass is 10.1. The van der Waals surface area contributed by atoms with E-state index in [1.165, 1.54) is 93.0 Å². The Labute approximate surface area is 205 Å². The molecule has 0 N–H and O–H groups in total. The van der Waals surface area contributed by atoms with Crippen LogP contribution in [0.15, 0.2) is 91.0 Å².